The van der Waals surface area contributed by atoms with Gasteiger partial charge in [-0.1, -0.05) is 73.5 Å². The first-order valence-electron chi connectivity index (χ1n) is 10.6. The van der Waals surface area contributed by atoms with E-state index in [4.69, 9.17) is 4.98 Å². The Kier molecular flexibility index (Phi) is 7.02. The van der Waals surface area contributed by atoms with E-state index in [0.717, 1.165) is 41.6 Å². The Morgan fingerprint density at radius 3 is 2.39 bits per heavy atom. The molecule has 1 N–H and O–H groups in total. The predicted octanol–water partition coefficient (Wildman–Crippen LogP) is 6.42. The minimum absolute atomic E-state index is 0.227. The van der Waals surface area contributed by atoms with E-state index in [0.29, 0.717) is 16.3 Å². The topological polar surface area (TPSA) is 56.9 Å². The molecule has 158 valence electrons. The van der Waals surface area contributed by atoms with Gasteiger partial charge in [-0.3, -0.25) is 0 Å². The fourth-order valence-corrected chi connectivity index (χ4v) is 6.57. The van der Waals surface area contributed by atoms with Crippen molar-refractivity contribution in [1.82, 2.24) is 4.98 Å². The van der Waals surface area contributed by atoms with Crippen LogP contribution in [0.2, 0.25) is 0 Å². The molecule has 1 fully saturated rings. The second kappa shape index (κ2) is 9.91. The van der Waals surface area contributed by atoms with E-state index < -0.39 is 5.60 Å². The summed E-state index contributed by atoms with van der Waals surface area (Å²) in [6.07, 6.45) is 6.13. The highest BCUT2D eigenvalue weighted by atomic mass is 32.2. The number of hydrogen-bond donors (Lipinski definition) is 1. The van der Waals surface area contributed by atoms with Gasteiger partial charge in [0.25, 0.3) is 0 Å². The lowest BCUT2D eigenvalue weighted by atomic mass is 9.86. The van der Waals surface area contributed by atoms with E-state index in [9.17, 15) is 10.4 Å². The molecule has 1 heterocycles. The number of benzene rings is 2. The highest BCUT2D eigenvalue weighted by molar-refractivity contribution is 8.00. The van der Waals surface area contributed by atoms with Crippen molar-refractivity contribution in [2.45, 2.75) is 41.6 Å². The Balaban J connectivity index is 1.76. The summed E-state index contributed by atoms with van der Waals surface area (Å²) in [5.74, 6) is 0.548. The lowest BCUT2D eigenvalue weighted by Gasteiger charge is -2.38. The zero-order valence-electron chi connectivity index (χ0n) is 17.6. The van der Waals surface area contributed by atoms with Gasteiger partial charge in [-0.15, -0.1) is 11.8 Å². The summed E-state index contributed by atoms with van der Waals surface area (Å²) >= 11 is 3.27. The van der Waals surface area contributed by atoms with Crippen LogP contribution in [-0.2, 0) is 0 Å². The molecule has 3 nitrogen and oxygen atoms in total. The average molecular weight is 447 g/mol. The second-order valence-corrected chi connectivity index (χ2v) is 9.95. The molecule has 3 aromatic rings. The molecule has 0 aliphatic heterocycles. The van der Waals surface area contributed by atoms with Gasteiger partial charge in [0.05, 0.1) is 16.9 Å². The third kappa shape index (κ3) is 4.82. The van der Waals surface area contributed by atoms with Crippen LogP contribution in [0, 0.1) is 11.3 Å². The maximum absolute atomic E-state index is 11.4. The van der Waals surface area contributed by atoms with Crippen molar-refractivity contribution in [1.29, 1.82) is 5.26 Å². The number of aromatic nitrogens is 1. The van der Waals surface area contributed by atoms with Gasteiger partial charge in [-0.25, -0.2) is 4.98 Å². The van der Waals surface area contributed by atoms with Crippen LogP contribution in [-0.4, -0.2) is 33.0 Å². The van der Waals surface area contributed by atoms with Gasteiger partial charge in [-0.2, -0.15) is 17.0 Å². The number of nitriles is 1. The molecule has 1 aliphatic rings. The highest BCUT2D eigenvalue weighted by Crippen LogP contribution is 2.41. The molecule has 31 heavy (non-hydrogen) atoms. The van der Waals surface area contributed by atoms with Gasteiger partial charge in [0.1, 0.15) is 11.1 Å². The fourth-order valence-electron chi connectivity index (χ4n) is 4.22. The second-order valence-electron chi connectivity index (χ2n) is 7.94. The number of thioether (sulfide) groups is 2. The van der Waals surface area contributed by atoms with Crippen LogP contribution in [0.15, 0.2) is 71.8 Å². The Bertz CT molecular complexity index is 1070. The number of aliphatic hydroxyl groups is 1. The van der Waals surface area contributed by atoms with Crippen LogP contribution >= 0.6 is 23.5 Å². The number of nitrogens with zero attached hydrogens (tertiary/aromatic N) is 2. The van der Waals surface area contributed by atoms with Crippen molar-refractivity contribution in [3.05, 3.63) is 72.3 Å². The number of rotatable bonds is 6. The fraction of sp³-hybridized carbons (Fsp3) is 0.308. The summed E-state index contributed by atoms with van der Waals surface area (Å²) in [5, 5.41) is 22.4. The van der Waals surface area contributed by atoms with E-state index in [1.807, 2.05) is 66.7 Å². The Morgan fingerprint density at radius 1 is 1.06 bits per heavy atom. The number of pyridine rings is 1. The molecular formula is C26H26N2OS2. The van der Waals surface area contributed by atoms with Crippen molar-refractivity contribution in [2.75, 3.05) is 12.0 Å². The van der Waals surface area contributed by atoms with Crippen LogP contribution in [0.25, 0.3) is 22.4 Å². The normalized spacial score (nSPS) is 20.9. The van der Waals surface area contributed by atoms with Crippen LogP contribution in [0.5, 0.6) is 0 Å². The molecule has 5 heteroatoms. The molecule has 0 radical (unpaired) electrons. The Labute approximate surface area is 192 Å². The van der Waals surface area contributed by atoms with Crippen LogP contribution in [0.1, 0.15) is 31.2 Å². The molecule has 0 unspecified atom stereocenters. The quantitative estimate of drug-likeness (QED) is 0.443. The van der Waals surface area contributed by atoms with E-state index in [-0.39, 0.29) is 5.25 Å². The van der Waals surface area contributed by atoms with Crippen LogP contribution in [0.4, 0.5) is 0 Å². The average Bonchev–Trinajstić information content (AvgIpc) is 2.83. The zero-order chi connectivity index (χ0) is 21.7. The highest BCUT2D eigenvalue weighted by Gasteiger charge is 2.38. The summed E-state index contributed by atoms with van der Waals surface area (Å²) < 4.78 is 0. The van der Waals surface area contributed by atoms with Gasteiger partial charge >= 0.3 is 0 Å². The summed E-state index contributed by atoms with van der Waals surface area (Å²) in [4.78, 5) is 4.89. The Hall–Kier alpha value is -2.26. The molecule has 4 rings (SSSR count). The minimum Gasteiger partial charge on any atom is -0.388 e. The van der Waals surface area contributed by atoms with Crippen LogP contribution < -0.4 is 0 Å². The molecule has 0 spiro atoms. The first kappa shape index (κ1) is 22.0. The molecular weight excluding hydrogens is 420 g/mol. The standard InChI is InChI=1S/C26H26N2OS2/c1-30-24-14-8-9-15-26(24,29)18-31-25-22(17-27)21(19-10-4-2-5-11-19)16-23(28-25)20-12-6-3-7-13-20/h2-7,10-13,16,24,29H,8-9,14-15,18H2,1H3/t24-,26-/m1/s1. The first-order chi connectivity index (χ1) is 15.1. The van der Waals surface area contributed by atoms with Crippen molar-refractivity contribution in [2.24, 2.45) is 0 Å². The molecule has 1 aromatic heterocycles. The molecule has 0 amide bonds. The van der Waals surface area contributed by atoms with Gasteiger partial charge in [0.15, 0.2) is 0 Å². The molecule has 1 aliphatic carbocycles. The Morgan fingerprint density at radius 2 is 1.74 bits per heavy atom. The van der Waals surface area contributed by atoms with Crippen molar-refractivity contribution in [3.63, 3.8) is 0 Å². The van der Waals surface area contributed by atoms with Crippen molar-refractivity contribution >= 4 is 23.5 Å². The van der Waals surface area contributed by atoms with E-state index in [2.05, 4.69) is 12.3 Å². The SMILES string of the molecule is CS[C@@H]1CCCC[C@@]1(O)CSc1nc(-c2ccccc2)cc(-c2ccccc2)c1C#N. The van der Waals surface area contributed by atoms with Crippen molar-refractivity contribution in [3.8, 4) is 28.5 Å². The van der Waals surface area contributed by atoms with E-state index >= 15 is 0 Å². The monoisotopic (exact) mass is 446 g/mol. The summed E-state index contributed by atoms with van der Waals surface area (Å²) in [7, 11) is 0. The minimum atomic E-state index is -0.730. The first-order valence-corrected chi connectivity index (χ1v) is 12.9. The maximum atomic E-state index is 11.4. The van der Waals surface area contributed by atoms with Gasteiger partial charge < -0.3 is 5.11 Å². The smallest absolute Gasteiger partial charge is 0.115 e. The number of hydrogen-bond acceptors (Lipinski definition) is 5. The molecule has 0 saturated heterocycles. The van der Waals surface area contributed by atoms with Crippen LogP contribution in [0.3, 0.4) is 0 Å². The molecule has 1 saturated carbocycles. The largest absolute Gasteiger partial charge is 0.388 e. The zero-order valence-corrected chi connectivity index (χ0v) is 19.3. The summed E-state index contributed by atoms with van der Waals surface area (Å²) in [5.41, 5.74) is 3.60. The summed E-state index contributed by atoms with van der Waals surface area (Å²) in [6.45, 7) is 0. The van der Waals surface area contributed by atoms with Gasteiger partial charge in [0, 0.05) is 22.1 Å². The van der Waals surface area contributed by atoms with Gasteiger partial charge in [-0.05, 0) is 30.7 Å². The van der Waals surface area contributed by atoms with E-state index in [1.54, 1.807) is 11.8 Å². The molecule has 0 bridgehead atoms. The van der Waals surface area contributed by atoms with Gasteiger partial charge in [0.2, 0.25) is 0 Å². The molecule has 2 atom stereocenters. The van der Waals surface area contributed by atoms with Crippen molar-refractivity contribution < 1.29 is 5.11 Å². The third-order valence-corrected chi connectivity index (χ3v) is 8.38. The maximum Gasteiger partial charge on any atom is 0.115 e. The lowest BCUT2D eigenvalue weighted by Crippen LogP contribution is -2.45. The summed E-state index contributed by atoms with van der Waals surface area (Å²) in [6, 6.07) is 24.5. The molecule has 2 aromatic carbocycles. The predicted molar refractivity (Wildman–Crippen MR) is 131 cm³/mol. The third-order valence-electron chi connectivity index (χ3n) is 5.92. The van der Waals surface area contributed by atoms with E-state index in [1.165, 1.54) is 18.2 Å². The lowest BCUT2D eigenvalue weighted by molar-refractivity contribution is 0.0340.